The third-order valence-electron chi connectivity index (χ3n) is 9.82. The van der Waals surface area contributed by atoms with Gasteiger partial charge in [-0.2, -0.15) is 0 Å². The number of rotatable bonds is 3. The van der Waals surface area contributed by atoms with Crippen LogP contribution in [0.5, 0.6) is 0 Å². The zero-order valence-electron chi connectivity index (χ0n) is 21.1. The van der Waals surface area contributed by atoms with Crippen molar-refractivity contribution in [2.24, 2.45) is 29.1 Å². The van der Waals surface area contributed by atoms with E-state index in [1.165, 1.54) is 22.3 Å². The third kappa shape index (κ3) is 3.58. The highest BCUT2D eigenvalue weighted by molar-refractivity contribution is 5.93. The van der Waals surface area contributed by atoms with E-state index in [0.29, 0.717) is 35.9 Å². The Bertz CT molecular complexity index is 1240. The molecule has 4 aliphatic carbocycles. The van der Waals surface area contributed by atoms with Gasteiger partial charge in [-0.05, 0) is 102 Å². The van der Waals surface area contributed by atoms with Crippen LogP contribution < -0.4 is 0 Å². The molecule has 1 aromatic carbocycles. The van der Waals surface area contributed by atoms with Crippen molar-refractivity contribution in [3.63, 3.8) is 0 Å². The number of pyridine rings is 1. The van der Waals surface area contributed by atoms with E-state index in [0.717, 1.165) is 37.7 Å². The molecule has 0 radical (unpaired) electrons. The summed E-state index contributed by atoms with van der Waals surface area (Å²) in [6, 6.07) is 13.1. The van der Waals surface area contributed by atoms with Gasteiger partial charge in [0, 0.05) is 30.7 Å². The Morgan fingerprint density at radius 3 is 2.57 bits per heavy atom. The summed E-state index contributed by atoms with van der Waals surface area (Å²) in [5, 5.41) is 0. The molecule has 0 spiro atoms. The predicted molar refractivity (Wildman–Crippen MR) is 139 cm³/mol. The molecule has 1 aromatic heterocycles. The van der Waals surface area contributed by atoms with Crippen molar-refractivity contribution in [1.29, 1.82) is 0 Å². The zero-order valence-corrected chi connectivity index (χ0v) is 21.1. The van der Waals surface area contributed by atoms with E-state index in [1.807, 2.05) is 31.5 Å². The van der Waals surface area contributed by atoms with Gasteiger partial charge in [0.2, 0.25) is 0 Å². The maximum atomic E-state index is 12.9. The van der Waals surface area contributed by atoms with Crippen LogP contribution in [0.15, 0.2) is 71.6 Å². The van der Waals surface area contributed by atoms with Crippen LogP contribution in [0.3, 0.4) is 0 Å². The summed E-state index contributed by atoms with van der Waals surface area (Å²) in [5.41, 5.74) is 8.06. The Balaban J connectivity index is 1.48. The van der Waals surface area contributed by atoms with Gasteiger partial charge in [0.05, 0.1) is 0 Å². The Hall–Kier alpha value is -2.81. The molecule has 2 saturated carbocycles. The maximum Gasteiger partial charge on any atom is 0.156 e. The molecule has 0 bridgehead atoms. The van der Waals surface area contributed by atoms with Gasteiger partial charge < -0.3 is 0 Å². The largest absolute Gasteiger partial charge is 0.300 e. The normalized spacial score (nSPS) is 34.1. The molecule has 0 aliphatic heterocycles. The van der Waals surface area contributed by atoms with E-state index in [4.69, 9.17) is 0 Å². The minimum Gasteiger partial charge on any atom is -0.300 e. The summed E-state index contributed by atoms with van der Waals surface area (Å²) >= 11 is 0. The van der Waals surface area contributed by atoms with Crippen molar-refractivity contribution in [1.82, 2.24) is 4.98 Å². The van der Waals surface area contributed by atoms with Crippen molar-refractivity contribution in [3.05, 3.63) is 77.2 Å². The molecule has 3 unspecified atom stereocenters. The van der Waals surface area contributed by atoms with Crippen LogP contribution in [0.2, 0.25) is 0 Å². The van der Waals surface area contributed by atoms with Crippen molar-refractivity contribution in [3.8, 4) is 11.1 Å². The van der Waals surface area contributed by atoms with Crippen LogP contribution in [0.1, 0.15) is 70.8 Å². The van der Waals surface area contributed by atoms with Crippen LogP contribution in [0.25, 0.3) is 11.1 Å². The van der Waals surface area contributed by atoms with Crippen LogP contribution >= 0.6 is 0 Å². The first-order valence-corrected chi connectivity index (χ1v) is 13.3. The fraction of sp³-hybridized carbons (Fsp3) is 0.469. The number of benzene rings is 1. The lowest BCUT2D eigenvalue weighted by Crippen LogP contribution is -2.45. The molecule has 2 aromatic rings. The second-order valence-electron chi connectivity index (χ2n) is 11.7. The van der Waals surface area contributed by atoms with Crippen LogP contribution in [0.4, 0.5) is 0 Å². The lowest BCUT2D eigenvalue weighted by Gasteiger charge is -2.52. The quantitative estimate of drug-likeness (QED) is 0.486. The fourth-order valence-corrected chi connectivity index (χ4v) is 8.63. The van der Waals surface area contributed by atoms with Gasteiger partial charge in [-0.25, -0.2) is 0 Å². The molecule has 35 heavy (non-hydrogen) atoms. The first-order chi connectivity index (χ1) is 16.9. The second kappa shape index (κ2) is 8.40. The number of nitrogens with zero attached hydrogens (tertiary/aromatic N) is 1. The minimum atomic E-state index is 0.0262. The molecule has 0 amide bonds. The molecule has 1 heterocycles. The third-order valence-corrected chi connectivity index (χ3v) is 9.82. The van der Waals surface area contributed by atoms with Crippen molar-refractivity contribution < 1.29 is 9.59 Å². The molecular weight excluding hydrogens is 430 g/mol. The molecule has 3 nitrogen and oxygen atoms in total. The van der Waals surface area contributed by atoms with Crippen molar-refractivity contribution in [2.75, 3.05) is 0 Å². The SMILES string of the molecule is CC(=O)C1[C@H](C)CC2C3CCC4=CC(=O)CCC4=C3[C@@H](c3ccc(-c4cccnc4)cc3)C[C@@]21C. The number of carbonyl (C=O) groups excluding carboxylic acids is 2. The molecule has 2 fully saturated rings. The van der Waals surface area contributed by atoms with Gasteiger partial charge in [-0.15, -0.1) is 0 Å². The van der Waals surface area contributed by atoms with Crippen molar-refractivity contribution in [2.45, 2.75) is 65.2 Å². The average molecular weight is 466 g/mol. The Morgan fingerprint density at radius 1 is 1.06 bits per heavy atom. The average Bonchev–Trinajstić information content (AvgIpc) is 3.13. The van der Waals surface area contributed by atoms with Gasteiger partial charge >= 0.3 is 0 Å². The highest BCUT2D eigenvalue weighted by Gasteiger charge is 2.59. The van der Waals surface area contributed by atoms with Gasteiger partial charge in [0.25, 0.3) is 0 Å². The smallest absolute Gasteiger partial charge is 0.156 e. The molecule has 6 atom stereocenters. The number of ketones is 2. The number of Topliss-reactive ketones (excluding diaryl/α,β-unsaturated/α-hetero) is 1. The van der Waals surface area contributed by atoms with Gasteiger partial charge in [-0.1, -0.05) is 49.8 Å². The summed E-state index contributed by atoms with van der Waals surface area (Å²) in [6.45, 7) is 6.53. The zero-order chi connectivity index (χ0) is 24.3. The Kier molecular flexibility index (Phi) is 5.43. The summed E-state index contributed by atoms with van der Waals surface area (Å²) in [6.07, 6.45) is 11.5. The Labute approximate surface area is 208 Å². The van der Waals surface area contributed by atoms with Crippen molar-refractivity contribution >= 4 is 11.6 Å². The first-order valence-electron chi connectivity index (χ1n) is 13.3. The van der Waals surface area contributed by atoms with Gasteiger partial charge in [0.15, 0.2) is 5.78 Å². The number of hydrogen-bond donors (Lipinski definition) is 0. The summed E-state index contributed by atoms with van der Waals surface area (Å²) in [4.78, 5) is 29.5. The molecular formula is C32H35NO2. The standard InChI is InChI=1S/C32H35NO2/c1-19-15-29-27-12-10-23-16-25(35)11-13-26(23)30(27)28(17-32(29,3)31(19)20(2)34)22-8-6-21(7-9-22)24-5-4-14-33-18-24/h4-9,14,16,18-19,27-29,31H,10-13,15,17H2,1-3H3/t19-,27?,28-,29?,31?,32+/m1/s1. The molecule has 0 N–H and O–H groups in total. The number of allylic oxidation sites excluding steroid dienone is 4. The monoisotopic (exact) mass is 465 g/mol. The first kappa shape index (κ1) is 22.6. The van der Waals surface area contributed by atoms with Gasteiger partial charge in [-0.3, -0.25) is 14.6 Å². The Morgan fingerprint density at radius 2 is 1.86 bits per heavy atom. The van der Waals surface area contributed by atoms with E-state index in [1.54, 1.807) is 5.57 Å². The topological polar surface area (TPSA) is 47.0 Å². The fourth-order valence-electron chi connectivity index (χ4n) is 8.63. The summed E-state index contributed by atoms with van der Waals surface area (Å²) in [7, 11) is 0. The highest BCUT2D eigenvalue weighted by atomic mass is 16.1. The number of hydrogen-bond acceptors (Lipinski definition) is 3. The number of carbonyl (C=O) groups is 2. The molecule has 3 heteroatoms. The molecule has 4 aliphatic rings. The van der Waals surface area contributed by atoms with E-state index in [-0.39, 0.29) is 17.1 Å². The lowest BCUT2D eigenvalue weighted by molar-refractivity contribution is -0.126. The van der Waals surface area contributed by atoms with Crippen LogP contribution in [-0.2, 0) is 9.59 Å². The minimum absolute atomic E-state index is 0.0262. The van der Waals surface area contributed by atoms with E-state index in [9.17, 15) is 9.59 Å². The maximum absolute atomic E-state index is 12.9. The van der Waals surface area contributed by atoms with Crippen LogP contribution in [-0.4, -0.2) is 16.6 Å². The predicted octanol–water partition coefficient (Wildman–Crippen LogP) is 7.10. The van der Waals surface area contributed by atoms with Gasteiger partial charge in [0.1, 0.15) is 5.78 Å². The molecule has 6 rings (SSSR count). The van der Waals surface area contributed by atoms with E-state index < -0.39 is 0 Å². The lowest BCUT2D eigenvalue weighted by atomic mass is 9.51. The molecule has 0 saturated heterocycles. The number of aromatic nitrogens is 1. The van der Waals surface area contributed by atoms with Crippen LogP contribution in [0, 0.1) is 29.1 Å². The molecule has 180 valence electrons. The van der Waals surface area contributed by atoms with E-state index in [2.05, 4.69) is 49.2 Å². The number of fused-ring (bicyclic) bond motifs is 4. The second-order valence-corrected chi connectivity index (χ2v) is 11.7. The summed E-state index contributed by atoms with van der Waals surface area (Å²) < 4.78 is 0. The van der Waals surface area contributed by atoms with E-state index >= 15 is 0 Å². The summed E-state index contributed by atoms with van der Waals surface area (Å²) in [5.74, 6) is 2.61. The highest BCUT2D eigenvalue weighted by Crippen LogP contribution is 2.67.